The van der Waals surface area contributed by atoms with Crippen LogP contribution in [0.15, 0.2) is 53.5 Å². The van der Waals surface area contributed by atoms with Gasteiger partial charge in [0.25, 0.3) is 0 Å². The molecule has 6 nitrogen and oxygen atoms in total. The number of nitrogens with one attached hydrogen (secondary N) is 1. The minimum Gasteiger partial charge on any atom is -0.493 e. The highest BCUT2D eigenvalue weighted by molar-refractivity contribution is 14.0. The lowest BCUT2D eigenvalue weighted by molar-refractivity contribution is 0.354. The molecule has 0 spiro atoms. The van der Waals surface area contributed by atoms with Gasteiger partial charge >= 0.3 is 0 Å². The number of aromatic nitrogens is 1. The molecule has 154 valence electrons. The second-order valence-corrected chi connectivity index (χ2v) is 7.22. The van der Waals surface area contributed by atoms with Gasteiger partial charge in [-0.15, -0.1) is 35.3 Å². The number of methoxy groups -OCH3 is 2. The van der Waals surface area contributed by atoms with Crippen LogP contribution in [0.4, 0.5) is 0 Å². The number of ether oxygens (including phenoxy) is 2. The molecule has 8 heteroatoms. The smallest absolute Gasteiger partial charge is 0.189 e. The summed E-state index contributed by atoms with van der Waals surface area (Å²) in [7, 11) is 3.23. The zero-order valence-electron chi connectivity index (χ0n) is 16.6. The van der Waals surface area contributed by atoms with Crippen LogP contribution >= 0.6 is 35.3 Å². The summed E-state index contributed by atoms with van der Waals surface area (Å²) in [4.78, 5) is 10.2. The van der Waals surface area contributed by atoms with Gasteiger partial charge in [0, 0.05) is 10.4 Å². The number of aryl methyl sites for hydroxylation is 1. The minimum atomic E-state index is 0. The fraction of sp³-hybridized carbons (Fsp3) is 0.238. The quantitative estimate of drug-likeness (QED) is 0.273. The molecular formula is C21H25IN4O2S. The average molecular weight is 524 g/mol. The second kappa shape index (κ2) is 11.0. The van der Waals surface area contributed by atoms with Crippen molar-refractivity contribution in [3.8, 4) is 22.1 Å². The lowest BCUT2D eigenvalue weighted by atomic mass is 10.2. The number of nitrogens with two attached hydrogens (primary N) is 1. The molecule has 0 saturated heterocycles. The lowest BCUT2D eigenvalue weighted by Crippen LogP contribution is -2.31. The van der Waals surface area contributed by atoms with Crippen LogP contribution in [0.3, 0.4) is 0 Å². The fourth-order valence-corrected chi connectivity index (χ4v) is 3.69. The van der Waals surface area contributed by atoms with E-state index < -0.39 is 0 Å². The zero-order chi connectivity index (χ0) is 19.9. The Hall–Kier alpha value is -2.33. The van der Waals surface area contributed by atoms with Crippen LogP contribution in [0.25, 0.3) is 10.6 Å². The van der Waals surface area contributed by atoms with E-state index in [0.717, 1.165) is 26.7 Å². The fourth-order valence-electron chi connectivity index (χ4n) is 2.68. The van der Waals surface area contributed by atoms with E-state index in [0.29, 0.717) is 30.5 Å². The van der Waals surface area contributed by atoms with Crippen LogP contribution in [0.2, 0.25) is 0 Å². The van der Waals surface area contributed by atoms with E-state index in [1.807, 2.05) is 43.3 Å². The van der Waals surface area contributed by atoms with Gasteiger partial charge in [0.05, 0.1) is 33.0 Å². The molecule has 3 aromatic rings. The van der Waals surface area contributed by atoms with Crippen molar-refractivity contribution in [1.29, 1.82) is 0 Å². The molecule has 29 heavy (non-hydrogen) atoms. The molecule has 0 amide bonds. The maximum Gasteiger partial charge on any atom is 0.189 e. The van der Waals surface area contributed by atoms with Crippen molar-refractivity contribution < 1.29 is 9.47 Å². The monoisotopic (exact) mass is 524 g/mol. The Morgan fingerprint density at radius 3 is 2.52 bits per heavy atom. The summed E-state index contributed by atoms with van der Waals surface area (Å²) in [5.74, 6) is 1.76. The van der Waals surface area contributed by atoms with Crippen LogP contribution < -0.4 is 20.5 Å². The van der Waals surface area contributed by atoms with Crippen molar-refractivity contribution in [3.05, 3.63) is 64.7 Å². The molecule has 0 atom stereocenters. The molecular weight excluding hydrogens is 499 g/mol. The van der Waals surface area contributed by atoms with Crippen molar-refractivity contribution in [3.63, 3.8) is 0 Å². The summed E-state index contributed by atoms with van der Waals surface area (Å²) in [5, 5.41) is 4.18. The second-order valence-electron chi connectivity index (χ2n) is 6.14. The van der Waals surface area contributed by atoms with E-state index in [4.69, 9.17) is 15.2 Å². The number of hydrogen-bond acceptors (Lipinski definition) is 5. The first kappa shape index (κ1) is 23.0. The van der Waals surface area contributed by atoms with E-state index in [1.54, 1.807) is 25.6 Å². The van der Waals surface area contributed by atoms with Crippen molar-refractivity contribution in [1.82, 2.24) is 10.3 Å². The Bertz CT molecular complexity index is 961. The number of thiazole rings is 1. The van der Waals surface area contributed by atoms with Gasteiger partial charge in [-0.25, -0.2) is 9.98 Å². The van der Waals surface area contributed by atoms with Crippen molar-refractivity contribution in [2.45, 2.75) is 20.0 Å². The third kappa shape index (κ3) is 6.07. The first-order valence-electron chi connectivity index (χ1n) is 8.87. The molecule has 1 aromatic heterocycles. The number of hydrogen-bond donors (Lipinski definition) is 2. The van der Waals surface area contributed by atoms with Crippen molar-refractivity contribution >= 4 is 41.3 Å². The number of nitrogens with zero attached hydrogens (tertiary/aromatic N) is 2. The van der Waals surface area contributed by atoms with Crippen LogP contribution in [-0.2, 0) is 13.1 Å². The largest absolute Gasteiger partial charge is 0.493 e. The molecule has 0 bridgehead atoms. The SMILES string of the molecule is COc1ccc(CN=C(N)NCc2sc(-c3ccccc3)nc2C)cc1OC.I. The Labute approximate surface area is 192 Å². The Morgan fingerprint density at radius 2 is 1.83 bits per heavy atom. The molecule has 0 fully saturated rings. The minimum absolute atomic E-state index is 0. The predicted molar refractivity (Wildman–Crippen MR) is 129 cm³/mol. The van der Waals surface area contributed by atoms with Crippen LogP contribution in [-0.4, -0.2) is 25.2 Å². The standard InChI is InChI=1S/C21H24N4O2S.HI/c1-14-19(28-20(25-14)16-7-5-4-6-8-16)13-24-21(22)23-12-15-9-10-17(26-2)18(11-15)27-3;/h4-11H,12-13H2,1-3H3,(H3,22,23,24);1H. The third-order valence-electron chi connectivity index (χ3n) is 4.22. The maximum atomic E-state index is 6.03. The van der Waals surface area contributed by atoms with Crippen molar-refractivity contribution in [2.75, 3.05) is 14.2 Å². The molecule has 0 aliphatic carbocycles. The third-order valence-corrected chi connectivity index (χ3v) is 5.43. The van der Waals surface area contributed by atoms with Crippen LogP contribution in [0, 0.1) is 6.92 Å². The van der Waals surface area contributed by atoms with Crippen LogP contribution in [0.1, 0.15) is 16.1 Å². The normalized spacial score (nSPS) is 10.9. The molecule has 0 aliphatic heterocycles. The number of aliphatic imine (C=N–C) groups is 1. The summed E-state index contributed by atoms with van der Waals surface area (Å²) in [6.45, 7) is 3.06. The lowest BCUT2D eigenvalue weighted by Gasteiger charge is -2.09. The molecule has 0 unspecified atom stereocenters. The van der Waals surface area contributed by atoms with Gasteiger partial charge in [-0.05, 0) is 24.6 Å². The number of guanidine groups is 1. The summed E-state index contributed by atoms with van der Waals surface area (Å²) < 4.78 is 10.6. The van der Waals surface area contributed by atoms with Gasteiger partial charge in [-0.1, -0.05) is 36.4 Å². The van der Waals surface area contributed by atoms with Crippen LogP contribution in [0.5, 0.6) is 11.5 Å². The van der Waals surface area contributed by atoms with E-state index in [9.17, 15) is 0 Å². The highest BCUT2D eigenvalue weighted by atomic mass is 127. The van der Waals surface area contributed by atoms with Gasteiger partial charge in [-0.2, -0.15) is 0 Å². The number of rotatable bonds is 7. The van der Waals surface area contributed by atoms with Gasteiger partial charge in [0.1, 0.15) is 5.01 Å². The van der Waals surface area contributed by atoms with Gasteiger partial charge in [0.2, 0.25) is 0 Å². The number of benzene rings is 2. The van der Waals surface area contributed by atoms with Crippen molar-refractivity contribution in [2.24, 2.45) is 10.7 Å². The first-order valence-corrected chi connectivity index (χ1v) is 9.68. The average Bonchev–Trinajstić information content (AvgIpc) is 3.11. The van der Waals surface area contributed by atoms with E-state index in [1.165, 1.54) is 0 Å². The Kier molecular flexibility index (Phi) is 8.71. The zero-order valence-corrected chi connectivity index (χ0v) is 19.8. The van der Waals surface area contributed by atoms with Gasteiger partial charge < -0.3 is 20.5 Å². The number of halogens is 1. The summed E-state index contributed by atoms with van der Waals surface area (Å²) in [6.07, 6.45) is 0. The highest BCUT2D eigenvalue weighted by Crippen LogP contribution is 2.28. The highest BCUT2D eigenvalue weighted by Gasteiger charge is 2.09. The summed E-state index contributed by atoms with van der Waals surface area (Å²) in [6, 6.07) is 15.9. The molecule has 0 saturated carbocycles. The first-order chi connectivity index (χ1) is 13.6. The van der Waals surface area contributed by atoms with E-state index in [-0.39, 0.29) is 24.0 Å². The molecule has 3 rings (SSSR count). The van der Waals surface area contributed by atoms with Gasteiger partial charge in [-0.3, -0.25) is 0 Å². The Balaban J connectivity index is 0.00000300. The maximum absolute atomic E-state index is 6.03. The van der Waals surface area contributed by atoms with E-state index in [2.05, 4.69) is 27.4 Å². The topological polar surface area (TPSA) is 81.8 Å². The van der Waals surface area contributed by atoms with Gasteiger partial charge in [0.15, 0.2) is 17.5 Å². The summed E-state index contributed by atoms with van der Waals surface area (Å²) in [5.41, 5.74) is 9.15. The molecule has 0 radical (unpaired) electrons. The van der Waals surface area contributed by atoms with E-state index >= 15 is 0 Å². The molecule has 1 heterocycles. The Morgan fingerprint density at radius 1 is 1.10 bits per heavy atom. The molecule has 0 aliphatic rings. The molecule has 3 N–H and O–H groups in total. The predicted octanol–water partition coefficient (Wildman–Crippen LogP) is 4.36. The molecule has 2 aromatic carbocycles. The summed E-state index contributed by atoms with van der Waals surface area (Å²) >= 11 is 1.66.